The summed E-state index contributed by atoms with van der Waals surface area (Å²) < 4.78 is 0. The van der Waals surface area contributed by atoms with Gasteiger partial charge in [-0.15, -0.1) is 0 Å². The van der Waals surface area contributed by atoms with Gasteiger partial charge in [-0.2, -0.15) is 11.8 Å². The lowest BCUT2D eigenvalue weighted by Crippen LogP contribution is -2.51. The lowest BCUT2D eigenvalue weighted by Gasteiger charge is -2.26. The van der Waals surface area contributed by atoms with E-state index < -0.39 is 0 Å². The van der Waals surface area contributed by atoms with Crippen LogP contribution in [-0.4, -0.2) is 60.6 Å². The average molecular weight is 257 g/mol. The molecule has 17 heavy (non-hydrogen) atoms. The number of nitrogens with one attached hydrogen (secondary N) is 2. The molecule has 2 N–H and O–H groups in total. The van der Waals surface area contributed by atoms with E-state index in [0.29, 0.717) is 6.04 Å². The molecule has 98 valence electrons. The number of hydrogen-bond acceptors (Lipinski definition) is 4. The molecule has 2 atom stereocenters. The highest BCUT2D eigenvalue weighted by Crippen LogP contribution is 2.11. The van der Waals surface area contributed by atoms with Crippen molar-refractivity contribution in [3.63, 3.8) is 0 Å². The molecule has 2 aliphatic rings. The molecular weight excluding hydrogens is 234 g/mol. The van der Waals surface area contributed by atoms with Gasteiger partial charge in [0, 0.05) is 30.6 Å². The highest BCUT2D eigenvalue weighted by Gasteiger charge is 2.22. The standard InChI is InChI=1S/C12H23N3OS/c1-10(15-5-2-3-6-15)8-14-12(16)11-9-17-7-4-13-11/h10-11,13H,2-9H2,1H3,(H,14,16). The second-order valence-electron chi connectivity index (χ2n) is 4.92. The Labute approximate surface area is 108 Å². The molecule has 2 fully saturated rings. The first-order chi connectivity index (χ1) is 8.27. The van der Waals surface area contributed by atoms with Crippen molar-refractivity contribution < 1.29 is 4.79 Å². The van der Waals surface area contributed by atoms with E-state index in [2.05, 4.69) is 22.5 Å². The summed E-state index contributed by atoms with van der Waals surface area (Å²) in [6.07, 6.45) is 2.61. The zero-order chi connectivity index (χ0) is 12.1. The predicted octanol–water partition coefficient (Wildman–Crippen LogP) is 0.292. The number of amides is 1. The number of nitrogens with zero attached hydrogens (tertiary/aromatic N) is 1. The molecule has 5 heteroatoms. The van der Waals surface area contributed by atoms with Gasteiger partial charge >= 0.3 is 0 Å². The SMILES string of the molecule is CC(CNC(=O)C1CSCCN1)N1CCCC1. The monoisotopic (exact) mass is 257 g/mol. The molecule has 0 aromatic carbocycles. The fourth-order valence-electron chi connectivity index (χ4n) is 2.42. The van der Waals surface area contributed by atoms with Crippen molar-refractivity contribution in [3.05, 3.63) is 0 Å². The molecule has 0 saturated carbocycles. The number of hydrogen-bond donors (Lipinski definition) is 2. The third-order valence-electron chi connectivity index (χ3n) is 3.57. The lowest BCUT2D eigenvalue weighted by molar-refractivity contribution is -0.122. The van der Waals surface area contributed by atoms with Gasteiger partial charge in [0.25, 0.3) is 0 Å². The topological polar surface area (TPSA) is 44.4 Å². The van der Waals surface area contributed by atoms with E-state index in [1.807, 2.05) is 11.8 Å². The van der Waals surface area contributed by atoms with Crippen LogP contribution >= 0.6 is 11.8 Å². The normalized spacial score (nSPS) is 27.9. The average Bonchev–Trinajstić information content (AvgIpc) is 2.90. The number of carbonyl (C=O) groups is 1. The highest BCUT2D eigenvalue weighted by atomic mass is 32.2. The summed E-state index contributed by atoms with van der Waals surface area (Å²) in [5, 5.41) is 6.34. The molecule has 2 rings (SSSR count). The van der Waals surface area contributed by atoms with E-state index in [-0.39, 0.29) is 11.9 Å². The molecule has 2 aliphatic heterocycles. The van der Waals surface area contributed by atoms with Crippen LogP contribution in [0, 0.1) is 0 Å². The summed E-state index contributed by atoms with van der Waals surface area (Å²) in [5.41, 5.74) is 0. The molecule has 2 saturated heterocycles. The minimum absolute atomic E-state index is 0.0135. The van der Waals surface area contributed by atoms with Gasteiger partial charge in [-0.3, -0.25) is 9.69 Å². The van der Waals surface area contributed by atoms with Crippen LogP contribution in [-0.2, 0) is 4.79 Å². The Hall–Kier alpha value is -0.260. The molecule has 1 amide bonds. The zero-order valence-corrected chi connectivity index (χ0v) is 11.4. The highest BCUT2D eigenvalue weighted by molar-refractivity contribution is 7.99. The van der Waals surface area contributed by atoms with Crippen LogP contribution in [0.15, 0.2) is 0 Å². The third kappa shape index (κ3) is 3.86. The van der Waals surface area contributed by atoms with Gasteiger partial charge in [-0.05, 0) is 32.9 Å². The molecule has 2 unspecified atom stereocenters. The summed E-state index contributed by atoms with van der Waals surface area (Å²) in [6.45, 7) is 6.31. The summed E-state index contributed by atoms with van der Waals surface area (Å²) in [5.74, 6) is 2.20. The Morgan fingerprint density at radius 3 is 2.94 bits per heavy atom. The van der Waals surface area contributed by atoms with Crippen LogP contribution in [0.5, 0.6) is 0 Å². The van der Waals surface area contributed by atoms with Crippen LogP contribution in [0.1, 0.15) is 19.8 Å². The minimum Gasteiger partial charge on any atom is -0.353 e. The summed E-state index contributed by atoms with van der Waals surface area (Å²) in [7, 11) is 0. The molecule has 0 spiro atoms. The molecule has 0 radical (unpaired) electrons. The second-order valence-corrected chi connectivity index (χ2v) is 6.07. The second kappa shape index (κ2) is 6.61. The van der Waals surface area contributed by atoms with Crippen molar-refractivity contribution in [1.82, 2.24) is 15.5 Å². The Kier molecular flexibility index (Phi) is 5.13. The molecule has 2 heterocycles. The summed E-state index contributed by atoms with van der Waals surface area (Å²) >= 11 is 1.86. The lowest BCUT2D eigenvalue weighted by atomic mass is 10.2. The largest absolute Gasteiger partial charge is 0.353 e. The van der Waals surface area contributed by atoms with Gasteiger partial charge in [0.05, 0.1) is 6.04 Å². The van der Waals surface area contributed by atoms with Crippen LogP contribution in [0.3, 0.4) is 0 Å². The molecule has 0 bridgehead atoms. The van der Waals surface area contributed by atoms with Crippen molar-refractivity contribution in [3.8, 4) is 0 Å². The third-order valence-corrected chi connectivity index (χ3v) is 4.64. The van der Waals surface area contributed by atoms with Crippen LogP contribution in [0.4, 0.5) is 0 Å². The first-order valence-electron chi connectivity index (χ1n) is 6.60. The van der Waals surface area contributed by atoms with Crippen LogP contribution in [0.25, 0.3) is 0 Å². The van der Waals surface area contributed by atoms with Gasteiger partial charge in [-0.1, -0.05) is 0 Å². The Morgan fingerprint density at radius 1 is 1.53 bits per heavy atom. The van der Waals surface area contributed by atoms with Crippen molar-refractivity contribution in [2.45, 2.75) is 31.8 Å². The first-order valence-corrected chi connectivity index (χ1v) is 7.76. The fourth-order valence-corrected chi connectivity index (χ4v) is 3.35. The fraction of sp³-hybridized carbons (Fsp3) is 0.917. The molecule has 4 nitrogen and oxygen atoms in total. The maximum Gasteiger partial charge on any atom is 0.238 e. The van der Waals surface area contributed by atoms with E-state index in [0.717, 1.165) is 24.6 Å². The smallest absolute Gasteiger partial charge is 0.238 e. The minimum atomic E-state index is 0.0135. The van der Waals surface area contributed by atoms with Crippen LogP contribution in [0.2, 0.25) is 0 Å². The zero-order valence-electron chi connectivity index (χ0n) is 10.6. The van der Waals surface area contributed by atoms with Gasteiger partial charge in [0.2, 0.25) is 5.91 Å². The van der Waals surface area contributed by atoms with E-state index in [9.17, 15) is 4.79 Å². The Balaban J connectivity index is 1.67. The van der Waals surface area contributed by atoms with E-state index >= 15 is 0 Å². The van der Waals surface area contributed by atoms with Crippen molar-refractivity contribution in [1.29, 1.82) is 0 Å². The van der Waals surface area contributed by atoms with E-state index in [1.165, 1.54) is 25.9 Å². The number of thioether (sulfide) groups is 1. The van der Waals surface area contributed by atoms with Crippen molar-refractivity contribution >= 4 is 17.7 Å². The van der Waals surface area contributed by atoms with Gasteiger partial charge in [-0.25, -0.2) is 0 Å². The molecule has 0 aromatic rings. The van der Waals surface area contributed by atoms with Crippen LogP contribution < -0.4 is 10.6 Å². The number of carbonyl (C=O) groups excluding carboxylic acids is 1. The maximum atomic E-state index is 11.9. The van der Waals surface area contributed by atoms with E-state index in [4.69, 9.17) is 0 Å². The molecular formula is C12H23N3OS. The summed E-state index contributed by atoms with van der Waals surface area (Å²) in [4.78, 5) is 14.4. The Bertz CT molecular complexity index is 250. The number of rotatable bonds is 4. The van der Waals surface area contributed by atoms with Gasteiger partial charge < -0.3 is 10.6 Å². The number of likely N-dealkylation sites (tertiary alicyclic amines) is 1. The molecule has 0 aliphatic carbocycles. The Morgan fingerprint density at radius 2 is 2.29 bits per heavy atom. The van der Waals surface area contributed by atoms with Crippen molar-refractivity contribution in [2.75, 3.05) is 37.7 Å². The quantitative estimate of drug-likeness (QED) is 0.760. The van der Waals surface area contributed by atoms with Gasteiger partial charge in [0.15, 0.2) is 0 Å². The predicted molar refractivity (Wildman–Crippen MR) is 72.4 cm³/mol. The first kappa shape index (κ1) is 13.2. The summed E-state index contributed by atoms with van der Waals surface area (Å²) in [6, 6.07) is 0.484. The van der Waals surface area contributed by atoms with Crippen molar-refractivity contribution in [2.24, 2.45) is 0 Å². The van der Waals surface area contributed by atoms with E-state index in [1.54, 1.807) is 0 Å². The molecule has 0 aromatic heterocycles. The maximum absolute atomic E-state index is 11.9. The van der Waals surface area contributed by atoms with Gasteiger partial charge in [0.1, 0.15) is 0 Å².